The maximum atomic E-state index is 13.0. The first-order valence-corrected chi connectivity index (χ1v) is 8.11. The molecular formula is C19H14FN5O2. The quantitative estimate of drug-likeness (QED) is 0.598. The molecule has 27 heavy (non-hydrogen) atoms. The van der Waals surface area contributed by atoms with Crippen LogP contribution in [0.25, 0.3) is 17.0 Å². The predicted molar refractivity (Wildman–Crippen MR) is 95.9 cm³/mol. The number of carbonyl (C=O) groups excluding carboxylic acids is 1. The number of furan rings is 1. The van der Waals surface area contributed by atoms with E-state index in [0.717, 1.165) is 11.3 Å². The number of tetrazole rings is 1. The van der Waals surface area contributed by atoms with Crippen LogP contribution in [0, 0.1) is 12.7 Å². The molecule has 0 aliphatic carbocycles. The van der Waals surface area contributed by atoms with E-state index >= 15 is 0 Å². The minimum Gasteiger partial charge on any atom is -0.451 e. The van der Waals surface area contributed by atoms with Crippen molar-refractivity contribution in [3.05, 3.63) is 78.1 Å². The number of benzene rings is 2. The molecule has 8 heteroatoms. The zero-order chi connectivity index (χ0) is 18.8. The molecule has 0 unspecified atom stereocenters. The van der Waals surface area contributed by atoms with Gasteiger partial charge in [-0.1, -0.05) is 0 Å². The standard InChI is InChI=1S/C19H14FN5O2/c1-12-10-15(6-7-16(12)25-11-21-23-24-25)22-19(26)18-9-8-17(27-18)13-2-4-14(20)5-3-13/h2-11H,1H3,(H,22,26). The fourth-order valence-corrected chi connectivity index (χ4v) is 2.68. The van der Waals surface area contributed by atoms with E-state index in [0.29, 0.717) is 17.0 Å². The Labute approximate surface area is 153 Å². The molecule has 0 fully saturated rings. The molecule has 0 aliphatic rings. The summed E-state index contributed by atoms with van der Waals surface area (Å²) in [6, 6.07) is 14.5. The Morgan fingerprint density at radius 3 is 2.63 bits per heavy atom. The molecule has 4 rings (SSSR count). The number of aromatic nitrogens is 4. The zero-order valence-electron chi connectivity index (χ0n) is 14.3. The molecule has 134 valence electrons. The van der Waals surface area contributed by atoms with Gasteiger partial charge in [0.25, 0.3) is 5.91 Å². The minimum atomic E-state index is -0.377. The lowest BCUT2D eigenvalue weighted by Gasteiger charge is -2.08. The van der Waals surface area contributed by atoms with Crippen LogP contribution in [0.5, 0.6) is 0 Å². The van der Waals surface area contributed by atoms with E-state index in [2.05, 4.69) is 20.8 Å². The van der Waals surface area contributed by atoms with Crippen molar-refractivity contribution in [3.8, 4) is 17.0 Å². The van der Waals surface area contributed by atoms with Crippen LogP contribution in [0.1, 0.15) is 16.1 Å². The third-order valence-corrected chi connectivity index (χ3v) is 4.01. The fourth-order valence-electron chi connectivity index (χ4n) is 2.68. The van der Waals surface area contributed by atoms with Gasteiger partial charge in [0.15, 0.2) is 5.76 Å². The molecule has 0 atom stereocenters. The van der Waals surface area contributed by atoms with Gasteiger partial charge in [-0.05, 0) is 77.5 Å². The Bertz CT molecular complexity index is 1090. The van der Waals surface area contributed by atoms with Crippen LogP contribution >= 0.6 is 0 Å². The van der Waals surface area contributed by atoms with E-state index in [9.17, 15) is 9.18 Å². The van der Waals surface area contributed by atoms with Crippen LogP contribution in [0.15, 0.2) is 65.3 Å². The number of hydrogen-bond acceptors (Lipinski definition) is 5. The van der Waals surface area contributed by atoms with Crippen molar-refractivity contribution in [1.82, 2.24) is 20.2 Å². The molecule has 4 aromatic rings. The van der Waals surface area contributed by atoms with Gasteiger partial charge in [0, 0.05) is 11.3 Å². The first kappa shape index (κ1) is 16.6. The number of rotatable bonds is 4. The Hall–Kier alpha value is -3.81. The molecule has 1 N–H and O–H groups in total. The second-order valence-electron chi connectivity index (χ2n) is 5.88. The summed E-state index contributed by atoms with van der Waals surface area (Å²) in [5.41, 5.74) is 3.02. The van der Waals surface area contributed by atoms with E-state index < -0.39 is 0 Å². The van der Waals surface area contributed by atoms with E-state index in [4.69, 9.17) is 4.42 Å². The van der Waals surface area contributed by atoms with Gasteiger partial charge in [0.1, 0.15) is 17.9 Å². The molecule has 0 bridgehead atoms. The molecule has 2 aromatic heterocycles. The van der Waals surface area contributed by atoms with Gasteiger partial charge in [-0.25, -0.2) is 9.07 Å². The highest BCUT2D eigenvalue weighted by atomic mass is 19.1. The monoisotopic (exact) mass is 363 g/mol. The van der Waals surface area contributed by atoms with Crippen molar-refractivity contribution >= 4 is 11.6 Å². The lowest BCUT2D eigenvalue weighted by molar-refractivity contribution is 0.0997. The Balaban J connectivity index is 1.51. The molecule has 0 saturated carbocycles. The van der Waals surface area contributed by atoms with E-state index in [1.807, 2.05) is 19.1 Å². The van der Waals surface area contributed by atoms with Gasteiger partial charge < -0.3 is 9.73 Å². The smallest absolute Gasteiger partial charge is 0.291 e. The third-order valence-electron chi connectivity index (χ3n) is 4.01. The van der Waals surface area contributed by atoms with Crippen LogP contribution in [0.3, 0.4) is 0 Å². The first-order chi connectivity index (χ1) is 13.1. The van der Waals surface area contributed by atoms with Gasteiger partial charge in [-0.15, -0.1) is 5.10 Å². The van der Waals surface area contributed by atoms with Crippen LogP contribution in [0.4, 0.5) is 10.1 Å². The molecule has 2 heterocycles. The number of nitrogens with one attached hydrogen (secondary N) is 1. The van der Waals surface area contributed by atoms with Crippen molar-refractivity contribution < 1.29 is 13.6 Å². The summed E-state index contributed by atoms with van der Waals surface area (Å²) in [7, 11) is 0. The van der Waals surface area contributed by atoms with Crippen molar-refractivity contribution in [2.45, 2.75) is 6.92 Å². The van der Waals surface area contributed by atoms with E-state index in [1.54, 1.807) is 35.0 Å². The summed E-state index contributed by atoms with van der Waals surface area (Å²) in [4.78, 5) is 12.4. The summed E-state index contributed by atoms with van der Waals surface area (Å²) >= 11 is 0. The molecule has 0 spiro atoms. The summed E-state index contributed by atoms with van der Waals surface area (Å²) < 4.78 is 20.2. The molecular weight excluding hydrogens is 349 g/mol. The Morgan fingerprint density at radius 2 is 1.93 bits per heavy atom. The topological polar surface area (TPSA) is 85.8 Å². The van der Waals surface area contributed by atoms with Gasteiger partial charge in [0.05, 0.1) is 5.69 Å². The van der Waals surface area contributed by atoms with Crippen LogP contribution in [-0.4, -0.2) is 26.1 Å². The van der Waals surface area contributed by atoms with Crippen molar-refractivity contribution in [1.29, 1.82) is 0 Å². The van der Waals surface area contributed by atoms with Crippen molar-refractivity contribution in [2.75, 3.05) is 5.32 Å². The van der Waals surface area contributed by atoms with Crippen molar-refractivity contribution in [2.24, 2.45) is 0 Å². The normalized spacial score (nSPS) is 10.7. The lowest BCUT2D eigenvalue weighted by Crippen LogP contribution is -2.11. The summed E-state index contributed by atoms with van der Waals surface area (Å²) in [5, 5.41) is 13.9. The molecule has 0 saturated heterocycles. The highest BCUT2D eigenvalue weighted by Crippen LogP contribution is 2.24. The number of nitrogens with zero attached hydrogens (tertiary/aromatic N) is 4. The van der Waals surface area contributed by atoms with E-state index in [1.165, 1.54) is 18.5 Å². The molecule has 0 aliphatic heterocycles. The second kappa shape index (κ2) is 6.83. The maximum absolute atomic E-state index is 13.0. The minimum absolute atomic E-state index is 0.163. The number of hydrogen-bond donors (Lipinski definition) is 1. The Morgan fingerprint density at radius 1 is 1.11 bits per heavy atom. The average Bonchev–Trinajstić information content (AvgIpc) is 3.35. The highest BCUT2D eigenvalue weighted by molar-refractivity contribution is 6.02. The highest BCUT2D eigenvalue weighted by Gasteiger charge is 2.13. The fraction of sp³-hybridized carbons (Fsp3) is 0.0526. The first-order valence-electron chi connectivity index (χ1n) is 8.11. The average molecular weight is 363 g/mol. The number of aryl methyl sites for hydroxylation is 1. The zero-order valence-corrected chi connectivity index (χ0v) is 14.3. The lowest BCUT2D eigenvalue weighted by atomic mass is 10.1. The third kappa shape index (κ3) is 3.45. The number of halogens is 1. The van der Waals surface area contributed by atoms with Gasteiger partial charge in [-0.2, -0.15) is 0 Å². The number of anilines is 1. The predicted octanol–water partition coefficient (Wildman–Crippen LogP) is 3.62. The summed E-state index contributed by atoms with van der Waals surface area (Å²) in [5.74, 6) is -0.0522. The van der Waals surface area contributed by atoms with Gasteiger partial charge in [-0.3, -0.25) is 4.79 Å². The van der Waals surface area contributed by atoms with Crippen LogP contribution in [0.2, 0.25) is 0 Å². The van der Waals surface area contributed by atoms with Gasteiger partial charge >= 0.3 is 0 Å². The molecule has 7 nitrogen and oxygen atoms in total. The molecule has 0 radical (unpaired) electrons. The molecule has 2 aromatic carbocycles. The van der Waals surface area contributed by atoms with E-state index in [-0.39, 0.29) is 17.5 Å². The second-order valence-corrected chi connectivity index (χ2v) is 5.88. The maximum Gasteiger partial charge on any atom is 0.291 e. The summed E-state index contributed by atoms with van der Waals surface area (Å²) in [6.45, 7) is 1.90. The summed E-state index contributed by atoms with van der Waals surface area (Å²) in [6.07, 6.45) is 1.50. The van der Waals surface area contributed by atoms with Crippen LogP contribution < -0.4 is 5.32 Å². The van der Waals surface area contributed by atoms with Gasteiger partial charge in [0.2, 0.25) is 0 Å². The number of carbonyl (C=O) groups is 1. The number of amides is 1. The molecule has 1 amide bonds. The van der Waals surface area contributed by atoms with Crippen LogP contribution in [-0.2, 0) is 0 Å². The largest absolute Gasteiger partial charge is 0.451 e. The SMILES string of the molecule is Cc1cc(NC(=O)c2ccc(-c3ccc(F)cc3)o2)ccc1-n1cnnn1. The Kier molecular flexibility index (Phi) is 4.21. The van der Waals surface area contributed by atoms with Crippen molar-refractivity contribution in [3.63, 3.8) is 0 Å².